The molecular formula is C15H18N2O. The van der Waals surface area contributed by atoms with Crippen molar-refractivity contribution in [3.8, 4) is 5.75 Å². The minimum Gasteiger partial charge on any atom is -0.497 e. The van der Waals surface area contributed by atoms with Crippen molar-refractivity contribution in [3.63, 3.8) is 0 Å². The van der Waals surface area contributed by atoms with Gasteiger partial charge in [0.15, 0.2) is 0 Å². The summed E-state index contributed by atoms with van der Waals surface area (Å²) < 4.78 is 5.16. The maximum atomic E-state index is 5.16. The SMILES string of the molecule is CNC(Cc1ccc(OC)cc1)c1cccnc1. The predicted octanol–water partition coefficient (Wildman–Crippen LogP) is 2.59. The van der Waals surface area contributed by atoms with Gasteiger partial charge in [-0.25, -0.2) is 0 Å². The molecule has 3 heteroatoms. The molecule has 0 amide bonds. The molecule has 1 N–H and O–H groups in total. The van der Waals surface area contributed by atoms with E-state index >= 15 is 0 Å². The molecule has 0 saturated carbocycles. The van der Waals surface area contributed by atoms with E-state index in [0.29, 0.717) is 0 Å². The van der Waals surface area contributed by atoms with Crippen LogP contribution in [0.2, 0.25) is 0 Å². The van der Waals surface area contributed by atoms with Gasteiger partial charge in [0.25, 0.3) is 0 Å². The van der Waals surface area contributed by atoms with Crippen LogP contribution < -0.4 is 10.1 Å². The van der Waals surface area contributed by atoms with Crippen LogP contribution in [0.25, 0.3) is 0 Å². The highest BCUT2D eigenvalue weighted by Gasteiger charge is 2.09. The van der Waals surface area contributed by atoms with Gasteiger partial charge in [0.1, 0.15) is 5.75 Å². The van der Waals surface area contributed by atoms with E-state index in [4.69, 9.17) is 4.74 Å². The third-order valence-corrected chi connectivity index (χ3v) is 3.03. The van der Waals surface area contributed by atoms with Gasteiger partial charge in [-0.3, -0.25) is 4.98 Å². The van der Waals surface area contributed by atoms with Gasteiger partial charge in [-0.15, -0.1) is 0 Å². The molecule has 1 aromatic carbocycles. The zero-order chi connectivity index (χ0) is 12.8. The van der Waals surface area contributed by atoms with Crippen LogP contribution in [0.5, 0.6) is 5.75 Å². The van der Waals surface area contributed by atoms with Crippen LogP contribution in [-0.4, -0.2) is 19.1 Å². The quantitative estimate of drug-likeness (QED) is 0.875. The summed E-state index contributed by atoms with van der Waals surface area (Å²) in [5.74, 6) is 0.890. The average Bonchev–Trinajstić information content (AvgIpc) is 2.46. The van der Waals surface area contributed by atoms with Gasteiger partial charge < -0.3 is 10.1 Å². The molecule has 18 heavy (non-hydrogen) atoms. The molecule has 0 aliphatic heterocycles. The predicted molar refractivity (Wildman–Crippen MR) is 72.7 cm³/mol. The smallest absolute Gasteiger partial charge is 0.118 e. The van der Waals surface area contributed by atoms with Crippen molar-refractivity contribution in [2.45, 2.75) is 12.5 Å². The van der Waals surface area contributed by atoms with Crippen molar-refractivity contribution < 1.29 is 4.74 Å². The van der Waals surface area contributed by atoms with E-state index in [-0.39, 0.29) is 6.04 Å². The van der Waals surface area contributed by atoms with Gasteiger partial charge in [0.05, 0.1) is 7.11 Å². The van der Waals surface area contributed by atoms with E-state index in [2.05, 4.69) is 28.5 Å². The van der Waals surface area contributed by atoms with E-state index in [0.717, 1.165) is 12.2 Å². The number of hydrogen-bond donors (Lipinski definition) is 1. The Hall–Kier alpha value is -1.87. The minimum absolute atomic E-state index is 0.284. The standard InChI is InChI=1S/C15H18N2O/c1-16-15(13-4-3-9-17-11-13)10-12-5-7-14(18-2)8-6-12/h3-9,11,15-16H,10H2,1-2H3. The Morgan fingerprint density at radius 3 is 2.56 bits per heavy atom. The Labute approximate surface area is 108 Å². The number of hydrogen-bond acceptors (Lipinski definition) is 3. The van der Waals surface area contributed by atoms with E-state index in [9.17, 15) is 0 Å². The fourth-order valence-corrected chi connectivity index (χ4v) is 1.97. The van der Waals surface area contributed by atoms with Crippen LogP contribution in [0.4, 0.5) is 0 Å². The van der Waals surface area contributed by atoms with Crippen LogP contribution in [0, 0.1) is 0 Å². The summed E-state index contributed by atoms with van der Waals surface area (Å²) in [5, 5.41) is 3.32. The molecule has 2 rings (SSSR count). The van der Waals surface area contributed by atoms with Crippen molar-refractivity contribution in [1.82, 2.24) is 10.3 Å². The molecule has 0 fully saturated rings. The molecule has 2 aromatic rings. The first-order chi connectivity index (χ1) is 8.83. The highest BCUT2D eigenvalue weighted by Crippen LogP contribution is 2.19. The first-order valence-corrected chi connectivity index (χ1v) is 6.03. The van der Waals surface area contributed by atoms with E-state index in [1.165, 1.54) is 11.1 Å². The van der Waals surface area contributed by atoms with Crippen LogP contribution in [0.3, 0.4) is 0 Å². The fourth-order valence-electron chi connectivity index (χ4n) is 1.97. The van der Waals surface area contributed by atoms with Crippen molar-refractivity contribution >= 4 is 0 Å². The second-order valence-corrected chi connectivity index (χ2v) is 4.18. The molecule has 0 bridgehead atoms. The lowest BCUT2D eigenvalue weighted by Crippen LogP contribution is -2.18. The van der Waals surface area contributed by atoms with Crippen LogP contribution in [0.1, 0.15) is 17.2 Å². The molecule has 1 heterocycles. The highest BCUT2D eigenvalue weighted by molar-refractivity contribution is 5.29. The number of pyridine rings is 1. The molecule has 1 aromatic heterocycles. The Morgan fingerprint density at radius 2 is 2.00 bits per heavy atom. The fraction of sp³-hybridized carbons (Fsp3) is 0.267. The topological polar surface area (TPSA) is 34.1 Å². The molecule has 0 saturated heterocycles. The van der Waals surface area contributed by atoms with Crippen LogP contribution in [-0.2, 0) is 6.42 Å². The van der Waals surface area contributed by atoms with E-state index in [1.807, 2.05) is 31.4 Å². The lowest BCUT2D eigenvalue weighted by atomic mass is 10.0. The number of nitrogens with zero attached hydrogens (tertiary/aromatic N) is 1. The number of benzene rings is 1. The summed E-state index contributed by atoms with van der Waals surface area (Å²) in [6, 6.07) is 12.5. The Bertz CT molecular complexity index is 468. The summed E-state index contributed by atoms with van der Waals surface area (Å²) in [7, 11) is 3.65. The largest absolute Gasteiger partial charge is 0.497 e. The monoisotopic (exact) mass is 242 g/mol. The van der Waals surface area contributed by atoms with Crippen molar-refractivity contribution in [2.75, 3.05) is 14.2 Å². The number of likely N-dealkylation sites (N-methyl/N-ethyl adjacent to an activating group) is 1. The molecule has 3 nitrogen and oxygen atoms in total. The summed E-state index contributed by atoms with van der Waals surface area (Å²) in [6.45, 7) is 0. The molecule has 1 atom stereocenters. The second kappa shape index (κ2) is 6.17. The minimum atomic E-state index is 0.284. The van der Waals surface area contributed by atoms with Crippen LogP contribution >= 0.6 is 0 Å². The van der Waals surface area contributed by atoms with Crippen molar-refractivity contribution in [3.05, 3.63) is 59.9 Å². The van der Waals surface area contributed by atoms with E-state index < -0.39 is 0 Å². The molecule has 0 radical (unpaired) electrons. The number of methoxy groups -OCH3 is 1. The second-order valence-electron chi connectivity index (χ2n) is 4.18. The molecule has 0 aliphatic rings. The lowest BCUT2D eigenvalue weighted by Gasteiger charge is -2.16. The van der Waals surface area contributed by atoms with Gasteiger partial charge in [-0.05, 0) is 42.8 Å². The Kier molecular flexibility index (Phi) is 4.31. The summed E-state index contributed by atoms with van der Waals surface area (Å²) in [6.07, 6.45) is 4.64. The van der Waals surface area contributed by atoms with Crippen LogP contribution in [0.15, 0.2) is 48.8 Å². The van der Waals surface area contributed by atoms with Gasteiger partial charge >= 0.3 is 0 Å². The Morgan fingerprint density at radius 1 is 1.22 bits per heavy atom. The molecule has 1 unspecified atom stereocenters. The first kappa shape index (κ1) is 12.6. The van der Waals surface area contributed by atoms with Crippen molar-refractivity contribution in [1.29, 1.82) is 0 Å². The number of rotatable bonds is 5. The molecular weight excluding hydrogens is 224 g/mol. The summed E-state index contributed by atoms with van der Waals surface area (Å²) in [4.78, 5) is 4.16. The summed E-state index contributed by atoms with van der Waals surface area (Å²) in [5.41, 5.74) is 2.48. The normalized spacial score (nSPS) is 12.1. The number of ether oxygens (including phenoxy) is 1. The maximum Gasteiger partial charge on any atom is 0.118 e. The lowest BCUT2D eigenvalue weighted by molar-refractivity contribution is 0.414. The Balaban J connectivity index is 2.10. The van der Waals surface area contributed by atoms with Gasteiger partial charge in [-0.1, -0.05) is 18.2 Å². The molecule has 0 aliphatic carbocycles. The zero-order valence-electron chi connectivity index (χ0n) is 10.8. The average molecular weight is 242 g/mol. The molecule has 0 spiro atoms. The highest BCUT2D eigenvalue weighted by atomic mass is 16.5. The zero-order valence-corrected chi connectivity index (χ0v) is 10.8. The molecule has 94 valence electrons. The number of nitrogens with one attached hydrogen (secondary N) is 1. The van der Waals surface area contributed by atoms with Gasteiger partial charge in [0, 0.05) is 18.4 Å². The summed E-state index contributed by atoms with van der Waals surface area (Å²) >= 11 is 0. The van der Waals surface area contributed by atoms with E-state index in [1.54, 1.807) is 13.3 Å². The number of aromatic nitrogens is 1. The third kappa shape index (κ3) is 3.08. The van der Waals surface area contributed by atoms with Crippen molar-refractivity contribution in [2.24, 2.45) is 0 Å². The van der Waals surface area contributed by atoms with Gasteiger partial charge in [0.2, 0.25) is 0 Å². The third-order valence-electron chi connectivity index (χ3n) is 3.03. The first-order valence-electron chi connectivity index (χ1n) is 6.03. The van der Waals surface area contributed by atoms with Gasteiger partial charge in [-0.2, -0.15) is 0 Å². The maximum absolute atomic E-state index is 5.16.